The first kappa shape index (κ1) is 16.1. The van der Waals surface area contributed by atoms with Gasteiger partial charge < -0.3 is 9.79 Å². The quantitative estimate of drug-likeness (QED) is 0.679. The Morgan fingerprint density at radius 2 is 1.56 bits per heavy atom. The first-order chi connectivity index (χ1) is 7.12. The average Bonchev–Trinajstić information content (AvgIpc) is 1.98. The Hall–Kier alpha value is 0.150. The van der Waals surface area contributed by atoms with Gasteiger partial charge in [-0.3, -0.25) is 4.57 Å². The van der Waals surface area contributed by atoms with Crippen LogP contribution in [0.5, 0.6) is 0 Å². The molecule has 0 spiro atoms. The average molecular weight is 249 g/mol. The minimum atomic E-state index is -3.97. The summed E-state index contributed by atoms with van der Waals surface area (Å²) in [5, 5.41) is 0. The van der Waals surface area contributed by atoms with Gasteiger partial charge in [0.25, 0.3) is 0 Å². The van der Waals surface area contributed by atoms with Crippen LogP contribution in [-0.2, 0) is 4.57 Å². The molecule has 0 aliphatic heterocycles. The molecule has 1 radical (unpaired) electrons. The van der Waals surface area contributed by atoms with E-state index < -0.39 is 13.3 Å². The van der Waals surface area contributed by atoms with E-state index in [4.69, 9.17) is 0 Å². The zero-order chi connectivity index (χ0) is 12.9. The van der Waals surface area contributed by atoms with Gasteiger partial charge in [0, 0.05) is 0 Å². The van der Waals surface area contributed by atoms with Crippen molar-refractivity contribution in [2.45, 2.75) is 52.6 Å². The van der Waals surface area contributed by atoms with E-state index in [0.717, 1.165) is 6.42 Å². The Kier molecular flexibility index (Phi) is 6.84. The molecule has 0 bridgehead atoms. The molecule has 0 heterocycles. The van der Waals surface area contributed by atoms with Crippen molar-refractivity contribution in [3.8, 4) is 0 Å². The lowest BCUT2D eigenvalue weighted by Gasteiger charge is -2.24. The van der Waals surface area contributed by atoms with Crippen molar-refractivity contribution in [2.75, 3.05) is 0 Å². The summed E-state index contributed by atoms with van der Waals surface area (Å²) in [7, 11) is -3.97. The highest BCUT2D eigenvalue weighted by atomic mass is 31.2. The summed E-state index contributed by atoms with van der Waals surface area (Å²) in [4.78, 5) is 18.6. The van der Waals surface area contributed by atoms with Crippen LogP contribution in [0.1, 0.15) is 47.0 Å². The van der Waals surface area contributed by atoms with Crippen LogP contribution in [0.4, 0.5) is 0 Å². The van der Waals surface area contributed by atoms with Crippen molar-refractivity contribution in [1.29, 1.82) is 0 Å². The Morgan fingerprint density at radius 1 is 1.06 bits per heavy atom. The molecule has 4 heteroatoms. The minimum Gasteiger partial charge on any atom is -0.324 e. The van der Waals surface area contributed by atoms with Gasteiger partial charge in [0.1, 0.15) is 0 Å². The standard InChI is InChI=1S/C12H26O3P/c1-9(2)6-11(5)8-12(7-10(3)4)16(13,14)15/h9-12H,3,6-8H2,1-2,4-5H3,(H2,13,14,15). The van der Waals surface area contributed by atoms with E-state index in [1.165, 1.54) is 0 Å². The van der Waals surface area contributed by atoms with Gasteiger partial charge in [-0.25, -0.2) is 0 Å². The van der Waals surface area contributed by atoms with Crippen molar-refractivity contribution >= 4 is 7.60 Å². The van der Waals surface area contributed by atoms with Gasteiger partial charge >= 0.3 is 7.60 Å². The van der Waals surface area contributed by atoms with Crippen LogP contribution >= 0.6 is 7.60 Å². The van der Waals surface area contributed by atoms with E-state index in [1.54, 1.807) is 0 Å². The second-order valence-electron chi connectivity index (χ2n) is 5.55. The normalized spacial score (nSPS) is 16.8. The van der Waals surface area contributed by atoms with Crippen LogP contribution < -0.4 is 0 Å². The maximum absolute atomic E-state index is 11.4. The largest absolute Gasteiger partial charge is 0.328 e. The predicted molar refractivity (Wildman–Crippen MR) is 68.2 cm³/mol. The number of rotatable bonds is 7. The second kappa shape index (κ2) is 6.78. The van der Waals surface area contributed by atoms with Gasteiger partial charge in [-0.2, -0.15) is 0 Å². The SMILES string of the molecule is [CH2]C(C)CC(CC(C)CC(C)C)P(=O)(O)O. The summed E-state index contributed by atoms with van der Waals surface area (Å²) < 4.78 is 11.4. The van der Waals surface area contributed by atoms with Gasteiger partial charge in [-0.05, 0) is 37.0 Å². The van der Waals surface area contributed by atoms with Crippen LogP contribution in [0.3, 0.4) is 0 Å². The number of hydrogen-bond acceptors (Lipinski definition) is 1. The molecule has 97 valence electrons. The Bertz CT molecular complexity index is 232. The van der Waals surface area contributed by atoms with Gasteiger partial charge in [-0.15, -0.1) is 0 Å². The molecule has 0 aromatic carbocycles. The topological polar surface area (TPSA) is 57.5 Å². The lowest BCUT2D eigenvalue weighted by molar-refractivity contribution is 0.321. The molecular formula is C12H26O3P. The Morgan fingerprint density at radius 3 is 1.88 bits per heavy atom. The van der Waals surface area contributed by atoms with Crippen molar-refractivity contribution in [3.63, 3.8) is 0 Å². The molecule has 3 nitrogen and oxygen atoms in total. The van der Waals surface area contributed by atoms with Crippen molar-refractivity contribution < 1.29 is 14.4 Å². The van der Waals surface area contributed by atoms with Crippen LogP contribution in [0, 0.1) is 24.7 Å². The fraction of sp³-hybridized carbons (Fsp3) is 0.917. The highest BCUT2D eigenvalue weighted by Gasteiger charge is 2.30. The smallest absolute Gasteiger partial charge is 0.324 e. The van der Waals surface area contributed by atoms with Crippen molar-refractivity contribution in [2.24, 2.45) is 17.8 Å². The summed E-state index contributed by atoms with van der Waals surface area (Å²) >= 11 is 0. The second-order valence-corrected chi connectivity index (χ2v) is 7.46. The van der Waals surface area contributed by atoms with Crippen LogP contribution in [-0.4, -0.2) is 15.4 Å². The van der Waals surface area contributed by atoms with Crippen LogP contribution in [0.25, 0.3) is 0 Å². The summed E-state index contributed by atoms with van der Waals surface area (Å²) in [6, 6.07) is 0. The molecule has 3 unspecified atom stereocenters. The molecule has 0 saturated heterocycles. The summed E-state index contributed by atoms with van der Waals surface area (Å²) in [6.07, 6.45) is 2.12. The van der Waals surface area contributed by atoms with E-state index in [9.17, 15) is 14.4 Å². The van der Waals surface area contributed by atoms with Crippen LogP contribution in [0.2, 0.25) is 0 Å². The van der Waals surface area contributed by atoms with E-state index in [0.29, 0.717) is 24.7 Å². The van der Waals surface area contributed by atoms with E-state index in [2.05, 4.69) is 27.7 Å². The summed E-state index contributed by atoms with van der Waals surface area (Å²) in [5.41, 5.74) is -0.520. The van der Waals surface area contributed by atoms with E-state index >= 15 is 0 Å². The molecule has 0 aromatic rings. The predicted octanol–water partition coefficient (Wildman–Crippen LogP) is 3.47. The molecule has 0 aromatic heterocycles. The molecule has 0 saturated carbocycles. The van der Waals surface area contributed by atoms with Gasteiger partial charge in [0.05, 0.1) is 5.66 Å². The van der Waals surface area contributed by atoms with Crippen LogP contribution in [0.15, 0.2) is 0 Å². The summed E-state index contributed by atoms with van der Waals surface area (Å²) in [6.45, 7) is 12.0. The maximum Gasteiger partial charge on any atom is 0.328 e. The zero-order valence-electron chi connectivity index (χ0n) is 10.9. The maximum atomic E-state index is 11.4. The fourth-order valence-electron chi connectivity index (χ4n) is 2.20. The first-order valence-electron chi connectivity index (χ1n) is 6.01. The third kappa shape index (κ3) is 7.43. The van der Waals surface area contributed by atoms with Crippen molar-refractivity contribution in [1.82, 2.24) is 0 Å². The molecule has 0 fully saturated rings. The molecule has 0 amide bonds. The lowest BCUT2D eigenvalue weighted by atomic mass is 9.92. The van der Waals surface area contributed by atoms with Gasteiger partial charge in [0.2, 0.25) is 0 Å². The molecular weight excluding hydrogens is 223 g/mol. The van der Waals surface area contributed by atoms with E-state index in [1.807, 2.05) is 6.92 Å². The molecule has 0 rings (SSSR count). The Balaban J connectivity index is 4.38. The fourth-order valence-corrected chi connectivity index (χ4v) is 3.47. The molecule has 3 atom stereocenters. The highest BCUT2D eigenvalue weighted by Crippen LogP contribution is 2.47. The number of hydrogen-bond donors (Lipinski definition) is 2. The molecule has 16 heavy (non-hydrogen) atoms. The van der Waals surface area contributed by atoms with Gasteiger partial charge in [0.15, 0.2) is 0 Å². The van der Waals surface area contributed by atoms with Crippen molar-refractivity contribution in [3.05, 3.63) is 6.92 Å². The van der Waals surface area contributed by atoms with E-state index in [-0.39, 0.29) is 5.92 Å². The summed E-state index contributed by atoms with van der Waals surface area (Å²) in [5.74, 6) is 1.02. The molecule has 2 N–H and O–H groups in total. The molecule has 0 aliphatic rings. The first-order valence-corrected chi connectivity index (χ1v) is 7.69. The van der Waals surface area contributed by atoms with Gasteiger partial charge in [-0.1, -0.05) is 34.6 Å². The zero-order valence-corrected chi connectivity index (χ0v) is 11.8. The lowest BCUT2D eigenvalue weighted by Crippen LogP contribution is -2.16. The molecule has 0 aliphatic carbocycles. The minimum absolute atomic E-state index is 0.0869. The Labute approximate surface area is 99.8 Å². The highest BCUT2D eigenvalue weighted by molar-refractivity contribution is 7.52. The third-order valence-electron chi connectivity index (χ3n) is 2.70. The monoisotopic (exact) mass is 249 g/mol. The third-order valence-corrected chi connectivity index (χ3v) is 4.07.